The molecule has 0 saturated carbocycles. The Hall–Kier alpha value is -4.80. The quantitative estimate of drug-likeness (QED) is 0.261. The molecule has 4 heterocycles. The van der Waals surface area contributed by atoms with Crippen LogP contribution in [0.15, 0.2) is 77.7 Å². The first-order valence-electron chi connectivity index (χ1n) is 15.6. The molecule has 10 nitrogen and oxygen atoms in total. The molecule has 1 aliphatic heterocycles. The molecule has 1 N–H and O–H groups in total. The van der Waals surface area contributed by atoms with E-state index in [0.29, 0.717) is 22.8 Å². The molecule has 3 aromatic carbocycles. The Morgan fingerprint density at radius 1 is 0.867 bits per heavy atom. The molecule has 3 aromatic heterocycles. The van der Waals surface area contributed by atoms with Crippen molar-refractivity contribution >= 4 is 45.2 Å². The van der Waals surface area contributed by atoms with Gasteiger partial charge in [-0.25, -0.2) is 14.5 Å². The molecule has 0 aliphatic carbocycles. The Morgan fingerprint density at radius 3 is 2.33 bits per heavy atom. The van der Waals surface area contributed by atoms with E-state index in [4.69, 9.17) is 9.97 Å². The number of fused-ring (bicyclic) bond motifs is 5. The minimum Gasteiger partial charge on any atom is -0.369 e. The van der Waals surface area contributed by atoms with Gasteiger partial charge in [0.2, 0.25) is 11.7 Å². The van der Waals surface area contributed by atoms with E-state index in [9.17, 15) is 4.79 Å². The Labute approximate surface area is 262 Å². The van der Waals surface area contributed by atoms with Crippen molar-refractivity contribution in [3.8, 4) is 5.69 Å². The first-order valence-corrected chi connectivity index (χ1v) is 15.6. The smallest absolute Gasteiger partial charge is 0.270 e. The van der Waals surface area contributed by atoms with E-state index in [-0.39, 0.29) is 5.56 Å². The molecule has 1 fully saturated rings. The van der Waals surface area contributed by atoms with Crippen molar-refractivity contribution in [2.24, 2.45) is 0 Å². The zero-order valence-electron chi connectivity index (χ0n) is 26.4. The summed E-state index contributed by atoms with van der Waals surface area (Å²) in [6.07, 6.45) is 2.83. The topological polar surface area (TPSA) is 86.8 Å². The number of piperazine rings is 1. The highest BCUT2D eigenvalue weighted by Gasteiger charge is 2.21. The lowest BCUT2D eigenvalue weighted by molar-refractivity contribution is 0.242. The Kier molecular flexibility index (Phi) is 7.68. The third-order valence-corrected chi connectivity index (χ3v) is 8.76. The largest absolute Gasteiger partial charge is 0.369 e. The summed E-state index contributed by atoms with van der Waals surface area (Å²) in [5.41, 5.74) is 6.92. The van der Waals surface area contributed by atoms with Crippen LogP contribution >= 0.6 is 0 Å². The molecule has 10 heteroatoms. The molecule has 0 radical (unpaired) electrons. The van der Waals surface area contributed by atoms with Crippen LogP contribution in [0.25, 0.3) is 33.5 Å². The predicted octanol–water partition coefficient (Wildman–Crippen LogP) is 5.02. The molecule has 0 bridgehead atoms. The van der Waals surface area contributed by atoms with Crippen molar-refractivity contribution < 1.29 is 0 Å². The molecular weight excluding hydrogens is 562 g/mol. The number of imidazole rings is 1. The Balaban J connectivity index is 1.19. The lowest BCUT2D eigenvalue weighted by atomic mass is 10.1. The summed E-state index contributed by atoms with van der Waals surface area (Å²) in [7, 11) is 4.26. The molecule has 0 atom stereocenters. The average Bonchev–Trinajstić information content (AvgIpc) is 3.42. The van der Waals surface area contributed by atoms with Crippen molar-refractivity contribution in [2.75, 3.05) is 63.6 Å². The van der Waals surface area contributed by atoms with Crippen LogP contribution in [0.1, 0.15) is 17.5 Å². The number of rotatable bonds is 8. The SMILES string of the molecule is Cc1cccc(C)c1-n1c(=O)c2cnc(Nc3ccc(N4CCN(CCCN(C)C)CC4)cc3)nc2n2c3ccccc3nc12. The van der Waals surface area contributed by atoms with Gasteiger partial charge < -0.3 is 15.1 Å². The fourth-order valence-corrected chi connectivity index (χ4v) is 6.42. The normalized spacial score (nSPS) is 14.3. The average molecular weight is 602 g/mol. The third-order valence-electron chi connectivity index (χ3n) is 8.76. The number of hydrogen-bond donors (Lipinski definition) is 1. The summed E-state index contributed by atoms with van der Waals surface area (Å²) in [5.74, 6) is 0.947. The van der Waals surface area contributed by atoms with Gasteiger partial charge in [0.25, 0.3) is 5.56 Å². The second-order valence-electron chi connectivity index (χ2n) is 12.2. The lowest BCUT2D eigenvalue weighted by Gasteiger charge is -2.36. The van der Waals surface area contributed by atoms with Crippen LogP contribution in [0.2, 0.25) is 0 Å². The highest BCUT2D eigenvalue weighted by Crippen LogP contribution is 2.27. The van der Waals surface area contributed by atoms with Crippen molar-refractivity contribution in [3.63, 3.8) is 0 Å². The summed E-state index contributed by atoms with van der Waals surface area (Å²) < 4.78 is 3.67. The van der Waals surface area contributed by atoms with Gasteiger partial charge in [0, 0.05) is 43.8 Å². The predicted molar refractivity (Wildman–Crippen MR) is 182 cm³/mol. The van der Waals surface area contributed by atoms with Crippen LogP contribution in [-0.4, -0.2) is 87.1 Å². The Morgan fingerprint density at radius 2 is 1.60 bits per heavy atom. The van der Waals surface area contributed by atoms with Crippen molar-refractivity contribution in [1.82, 2.24) is 33.7 Å². The van der Waals surface area contributed by atoms with Crippen LogP contribution < -0.4 is 15.8 Å². The van der Waals surface area contributed by atoms with Gasteiger partial charge in [0.1, 0.15) is 5.39 Å². The summed E-state index contributed by atoms with van der Waals surface area (Å²) in [6, 6.07) is 22.3. The van der Waals surface area contributed by atoms with Crippen molar-refractivity contribution in [3.05, 3.63) is 94.4 Å². The lowest BCUT2D eigenvalue weighted by Crippen LogP contribution is -2.46. The molecule has 45 heavy (non-hydrogen) atoms. The monoisotopic (exact) mass is 601 g/mol. The maximum absolute atomic E-state index is 14.1. The summed E-state index contributed by atoms with van der Waals surface area (Å²) in [6.45, 7) is 10.5. The van der Waals surface area contributed by atoms with E-state index in [1.165, 1.54) is 12.1 Å². The van der Waals surface area contributed by atoms with Crippen LogP contribution in [0.3, 0.4) is 0 Å². The minimum absolute atomic E-state index is 0.195. The van der Waals surface area contributed by atoms with Gasteiger partial charge in [-0.2, -0.15) is 4.98 Å². The van der Waals surface area contributed by atoms with Crippen LogP contribution in [-0.2, 0) is 0 Å². The number of aryl methyl sites for hydroxylation is 2. The fourth-order valence-electron chi connectivity index (χ4n) is 6.42. The molecule has 0 amide bonds. The number of benzene rings is 3. The highest BCUT2D eigenvalue weighted by atomic mass is 16.1. The maximum Gasteiger partial charge on any atom is 0.270 e. The first-order chi connectivity index (χ1) is 21.9. The molecule has 0 spiro atoms. The van der Waals surface area contributed by atoms with Gasteiger partial charge in [-0.05, 0) is 95.0 Å². The van der Waals surface area contributed by atoms with Gasteiger partial charge in [0.15, 0.2) is 5.65 Å². The third kappa shape index (κ3) is 5.51. The molecule has 230 valence electrons. The van der Waals surface area contributed by atoms with E-state index in [1.54, 1.807) is 10.8 Å². The number of aromatic nitrogens is 5. The second kappa shape index (κ2) is 11.9. The second-order valence-corrected chi connectivity index (χ2v) is 12.2. The zero-order chi connectivity index (χ0) is 31.1. The molecule has 1 saturated heterocycles. The van der Waals surface area contributed by atoms with E-state index in [1.807, 2.05) is 60.7 Å². The van der Waals surface area contributed by atoms with E-state index >= 15 is 0 Å². The van der Waals surface area contributed by atoms with Gasteiger partial charge in [-0.3, -0.25) is 14.1 Å². The minimum atomic E-state index is -0.195. The summed E-state index contributed by atoms with van der Waals surface area (Å²) in [4.78, 5) is 35.7. The molecule has 6 aromatic rings. The number of nitrogens with zero attached hydrogens (tertiary/aromatic N) is 8. The van der Waals surface area contributed by atoms with Crippen LogP contribution in [0, 0.1) is 13.8 Å². The van der Waals surface area contributed by atoms with Crippen LogP contribution in [0.4, 0.5) is 17.3 Å². The van der Waals surface area contributed by atoms with Crippen molar-refractivity contribution in [2.45, 2.75) is 20.3 Å². The van der Waals surface area contributed by atoms with Crippen LogP contribution in [0.5, 0.6) is 0 Å². The van der Waals surface area contributed by atoms with E-state index in [0.717, 1.165) is 72.8 Å². The molecule has 0 unspecified atom stereocenters. The van der Waals surface area contributed by atoms with E-state index in [2.05, 4.69) is 63.4 Å². The molecular formula is C35H39N9O. The molecule has 7 rings (SSSR count). The number of hydrogen-bond acceptors (Lipinski definition) is 8. The van der Waals surface area contributed by atoms with Gasteiger partial charge >= 0.3 is 0 Å². The first kappa shape index (κ1) is 28.9. The Bertz CT molecular complexity index is 2030. The summed E-state index contributed by atoms with van der Waals surface area (Å²) in [5, 5.41) is 3.78. The van der Waals surface area contributed by atoms with Crippen molar-refractivity contribution in [1.29, 1.82) is 0 Å². The van der Waals surface area contributed by atoms with Gasteiger partial charge in [-0.1, -0.05) is 30.3 Å². The number of anilines is 3. The zero-order valence-corrected chi connectivity index (χ0v) is 26.4. The maximum atomic E-state index is 14.1. The standard InChI is InChI=1S/C35H39N9O/c1-24-9-7-10-25(2)31(24)44-33(45)28-23-36-34(39-32(28)43-30-12-6-5-11-29(30)38-35(43)44)37-26-13-15-27(16-14-26)42-21-19-41(20-22-42)18-8-17-40(3)4/h5-7,9-16,23H,8,17-22H2,1-4H3,(H,36,37,39). The summed E-state index contributed by atoms with van der Waals surface area (Å²) >= 11 is 0. The van der Waals surface area contributed by atoms with Gasteiger partial charge in [0.05, 0.1) is 16.7 Å². The van der Waals surface area contributed by atoms with E-state index < -0.39 is 0 Å². The fraction of sp³-hybridized carbons (Fsp3) is 0.314. The highest BCUT2D eigenvalue weighted by molar-refractivity contribution is 5.88. The number of nitrogens with one attached hydrogen (secondary N) is 1. The number of para-hydroxylation sites is 3. The molecule has 1 aliphatic rings. The van der Waals surface area contributed by atoms with Gasteiger partial charge in [-0.15, -0.1) is 0 Å².